The normalized spacial score (nSPS) is 15.9. The average molecular weight is 443 g/mol. The van der Waals surface area contributed by atoms with Gasteiger partial charge in [-0.15, -0.1) is 5.10 Å². The van der Waals surface area contributed by atoms with Crippen molar-refractivity contribution in [2.75, 3.05) is 4.90 Å². The van der Waals surface area contributed by atoms with E-state index in [-0.39, 0.29) is 18.2 Å². The van der Waals surface area contributed by atoms with Crippen LogP contribution in [0.2, 0.25) is 0 Å². The fourth-order valence-electron chi connectivity index (χ4n) is 3.37. The molecule has 1 saturated heterocycles. The topological polar surface area (TPSA) is 90.2 Å². The van der Waals surface area contributed by atoms with E-state index in [1.54, 1.807) is 28.9 Å². The van der Waals surface area contributed by atoms with Gasteiger partial charge in [0.15, 0.2) is 0 Å². The second kappa shape index (κ2) is 8.64. The van der Waals surface area contributed by atoms with Gasteiger partial charge in [0.2, 0.25) is 17.0 Å². The lowest BCUT2D eigenvalue weighted by Crippen LogP contribution is -2.31. The van der Waals surface area contributed by atoms with Crippen molar-refractivity contribution in [2.24, 2.45) is 0 Å². The first-order valence-electron chi connectivity index (χ1n) is 9.89. The minimum absolute atomic E-state index is 0.0768. The Bertz CT molecular complexity index is 1250. The number of amides is 2. The molecule has 0 spiro atoms. The predicted octanol–water partition coefficient (Wildman–Crippen LogP) is 3.88. The molecule has 0 aliphatic carbocycles. The van der Waals surface area contributed by atoms with Crippen LogP contribution in [0, 0.1) is 0 Å². The molecule has 0 saturated carbocycles. The number of carbonyl (C=O) groups excluding carboxylic acids is 2. The highest BCUT2D eigenvalue weighted by molar-refractivity contribution is 8.00. The Hall–Kier alpha value is -3.98. The van der Waals surface area contributed by atoms with E-state index in [0.29, 0.717) is 22.3 Å². The fraction of sp³-hybridized carbons (Fsp3) is 0.0870. The standard InChI is InChI=1S/C23H17N5O3S/c29-21-15-20(32-23-24-25-26-28(23)17-7-3-1-4-8-17)22(30)27(21)16-11-13-19(14-12-16)31-18-9-5-2-6-10-18/h1-14,20H,15H2/t20-/m0/s1. The Morgan fingerprint density at radius 1 is 0.812 bits per heavy atom. The van der Waals surface area contributed by atoms with Crippen molar-refractivity contribution < 1.29 is 14.3 Å². The van der Waals surface area contributed by atoms with E-state index in [9.17, 15) is 9.59 Å². The fourth-order valence-corrected chi connectivity index (χ4v) is 4.38. The second-order valence-electron chi connectivity index (χ2n) is 7.00. The van der Waals surface area contributed by atoms with Crippen LogP contribution in [-0.2, 0) is 9.59 Å². The summed E-state index contributed by atoms with van der Waals surface area (Å²) in [5.41, 5.74) is 1.29. The first-order chi connectivity index (χ1) is 15.7. The number of hydrogen-bond acceptors (Lipinski definition) is 7. The number of benzene rings is 3. The smallest absolute Gasteiger partial charge is 0.247 e. The van der Waals surface area contributed by atoms with E-state index in [1.165, 1.54) is 16.7 Å². The number of imide groups is 1. The summed E-state index contributed by atoms with van der Waals surface area (Å²) in [5, 5.41) is 11.6. The lowest BCUT2D eigenvalue weighted by molar-refractivity contribution is -0.121. The molecule has 4 aromatic rings. The summed E-state index contributed by atoms with van der Waals surface area (Å²) >= 11 is 1.18. The van der Waals surface area contributed by atoms with Crippen LogP contribution in [0.3, 0.4) is 0 Å². The van der Waals surface area contributed by atoms with E-state index < -0.39 is 5.25 Å². The highest BCUT2D eigenvalue weighted by Gasteiger charge is 2.41. The van der Waals surface area contributed by atoms with Gasteiger partial charge in [0.25, 0.3) is 0 Å². The van der Waals surface area contributed by atoms with Crippen LogP contribution in [0.25, 0.3) is 5.69 Å². The number of rotatable bonds is 6. The molecule has 0 N–H and O–H groups in total. The van der Waals surface area contributed by atoms with Gasteiger partial charge in [-0.05, 0) is 59.0 Å². The van der Waals surface area contributed by atoms with E-state index in [1.807, 2.05) is 60.7 Å². The molecule has 0 bridgehead atoms. The third kappa shape index (κ3) is 3.97. The summed E-state index contributed by atoms with van der Waals surface area (Å²) < 4.78 is 7.34. The number of para-hydroxylation sites is 2. The molecule has 5 rings (SSSR count). The molecule has 32 heavy (non-hydrogen) atoms. The van der Waals surface area contributed by atoms with Crippen LogP contribution in [0.5, 0.6) is 11.5 Å². The molecular formula is C23H17N5O3S. The first kappa shape index (κ1) is 20.0. The van der Waals surface area contributed by atoms with Crippen molar-refractivity contribution in [1.29, 1.82) is 0 Å². The maximum absolute atomic E-state index is 13.0. The third-order valence-electron chi connectivity index (χ3n) is 4.87. The summed E-state index contributed by atoms with van der Waals surface area (Å²) in [6.07, 6.45) is 0.0768. The number of ether oxygens (including phenoxy) is 1. The monoisotopic (exact) mass is 443 g/mol. The van der Waals surface area contributed by atoms with Gasteiger partial charge in [-0.2, -0.15) is 4.68 Å². The summed E-state index contributed by atoms with van der Waals surface area (Å²) in [6.45, 7) is 0. The number of anilines is 1. The van der Waals surface area contributed by atoms with Crippen molar-refractivity contribution in [3.8, 4) is 17.2 Å². The summed E-state index contributed by atoms with van der Waals surface area (Å²) in [4.78, 5) is 26.9. The molecule has 9 heteroatoms. The molecule has 3 aromatic carbocycles. The van der Waals surface area contributed by atoms with Crippen LogP contribution in [0.4, 0.5) is 5.69 Å². The van der Waals surface area contributed by atoms with Gasteiger partial charge in [0.05, 0.1) is 11.4 Å². The molecule has 0 unspecified atom stereocenters. The molecule has 1 fully saturated rings. The molecule has 1 aliphatic heterocycles. The van der Waals surface area contributed by atoms with Crippen LogP contribution in [-0.4, -0.2) is 37.3 Å². The number of tetrazole rings is 1. The van der Waals surface area contributed by atoms with Gasteiger partial charge in [-0.1, -0.05) is 48.2 Å². The minimum atomic E-state index is -0.601. The Morgan fingerprint density at radius 2 is 1.47 bits per heavy atom. The summed E-state index contributed by atoms with van der Waals surface area (Å²) in [6, 6.07) is 25.7. The van der Waals surface area contributed by atoms with Crippen molar-refractivity contribution in [2.45, 2.75) is 16.8 Å². The van der Waals surface area contributed by atoms with Crippen molar-refractivity contribution in [3.05, 3.63) is 84.9 Å². The quantitative estimate of drug-likeness (QED) is 0.418. The maximum Gasteiger partial charge on any atom is 0.247 e. The van der Waals surface area contributed by atoms with Gasteiger partial charge >= 0.3 is 0 Å². The SMILES string of the molecule is O=C1C[C@H](Sc2nnnn2-c2ccccc2)C(=O)N1c1ccc(Oc2ccccc2)cc1. The molecule has 2 heterocycles. The Balaban J connectivity index is 1.31. The molecular weight excluding hydrogens is 426 g/mol. The van der Waals surface area contributed by atoms with E-state index >= 15 is 0 Å². The van der Waals surface area contributed by atoms with Crippen molar-refractivity contribution in [3.63, 3.8) is 0 Å². The molecule has 1 aromatic heterocycles. The zero-order chi connectivity index (χ0) is 21.9. The Labute approximate surface area is 187 Å². The molecule has 158 valence electrons. The van der Waals surface area contributed by atoms with E-state index in [4.69, 9.17) is 4.74 Å². The second-order valence-corrected chi connectivity index (χ2v) is 8.17. The maximum atomic E-state index is 13.0. The van der Waals surface area contributed by atoms with Gasteiger partial charge in [-0.3, -0.25) is 9.59 Å². The Kier molecular flexibility index (Phi) is 5.39. The van der Waals surface area contributed by atoms with Crippen molar-refractivity contribution in [1.82, 2.24) is 20.2 Å². The first-order valence-corrected chi connectivity index (χ1v) is 10.8. The third-order valence-corrected chi connectivity index (χ3v) is 5.99. The van der Waals surface area contributed by atoms with Gasteiger partial charge < -0.3 is 4.74 Å². The summed E-state index contributed by atoms with van der Waals surface area (Å²) in [7, 11) is 0. The van der Waals surface area contributed by atoms with E-state index in [0.717, 1.165) is 5.69 Å². The van der Waals surface area contributed by atoms with Gasteiger partial charge in [0, 0.05) is 6.42 Å². The number of thioether (sulfide) groups is 1. The minimum Gasteiger partial charge on any atom is -0.457 e. The zero-order valence-corrected chi connectivity index (χ0v) is 17.6. The highest BCUT2D eigenvalue weighted by Crippen LogP contribution is 2.34. The van der Waals surface area contributed by atoms with Crippen molar-refractivity contribution >= 4 is 29.3 Å². The molecule has 1 aliphatic rings. The summed E-state index contributed by atoms with van der Waals surface area (Å²) in [5.74, 6) is 0.774. The van der Waals surface area contributed by atoms with Crippen LogP contribution >= 0.6 is 11.8 Å². The number of carbonyl (C=O) groups is 2. The lowest BCUT2D eigenvalue weighted by atomic mass is 10.2. The van der Waals surface area contributed by atoms with Crippen LogP contribution in [0.15, 0.2) is 90.1 Å². The number of nitrogens with zero attached hydrogens (tertiary/aromatic N) is 5. The number of hydrogen-bond donors (Lipinski definition) is 0. The zero-order valence-electron chi connectivity index (χ0n) is 16.7. The van der Waals surface area contributed by atoms with Crippen LogP contribution < -0.4 is 9.64 Å². The average Bonchev–Trinajstić information content (AvgIpc) is 3.40. The van der Waals surface area contributed by atoms with Crippen LogP contribution in [0.1, 0.15) is 6.42 Å². The number of aromatic nitrogens is 4. The van der Waals surface area contributed by atoms with E-state index in [2.05, 4.69) is 15.5 Å². The molecule has 0 radical (unpaired) electrons. The molecule has 8 nitrogen and oxygen atoms in total. The van der Waals surface area contributed by atoms with Gasteiger partial charge in [-0.25, -0.2) is 4.90 Å². The highest BCUT2D eigenvalue weighted by atomic mass is 32.2. The molecule has 1 atom stereocenters. The predicted molar refractivity (Wildman–Crippen MR) is 119 cm³/mol. The Morgan fingerprint density at radius 3 is 2.19 bits per heavy atom. The lowest BCUT2D eigenvalue weighted by Gasteiger charge is -2.15. The van der Waals surface area contributed by atoms with Gasteiger partial charge in [0.1, 0.15) is 16.7 Å². The molecule has 2 amide bonds. The largest absolute Gasteiger partial charge is 0.457 e.